The van der Waals surface area contributed by atoms with Gasteiger partial charge in [-0.15, -0.1) is 10.2 Å². The molecule has 0 unspecified atom stereocenters. The van der Waals surface area contributed by atoms with Gasteiger partial charge in [-0.1, -0.05) is 78.9 Å². The zero-order valence-electron chi connectivity index (χ0n) is 19.8. The molecule has 2 aromatic carbocycles. The lowest BCUT2D eigenvalue weighted by Crippen LogP contribution is -2.68. The van der Waals surface area contributed by atoms with Gasteiger partial charge in [0.2, 0.25) is 0 Å². The van der Waals surface area contributed by atoms with E-state index in [2.05, 4.69) is 48.6 Å². The highest BCUT2D eigenvalue weighted by atomic mass is 35.7. The second-order valence-corrected chi connectivity index (χ2v) is 8.51. The van der Waals surface area contributed by atoms with Gasteiger partial charge in [0.1, 0.15) is 11.5 Å². The molecule has 0 bridgehead atoms. The third-order valence-corrected chi connectivity index (χ3v) is 4.79. The van der Waals surface area contributed by atoms with E-state index in [0.29, 0.717) is 0 Å². The number of hydrogen-bond donors (Lipinski definition) is 0. The Hall–Kier alpha value is -3.78. The maximum absolute atomic E-state index is 8.49. The van der Waals surface area contributed by atoms with E-state index in [1.54, 1.807) is 0 Å². The van der Waals surface area contributed by atoms with Gasteiger partial charge < -0.3 is 4.74 Å². The molecule has 2 heterocycles. The Kier molecular flexibility index (Phi) is 9.53. The highest BCUT2D eigenvalue weighted by Crippen LogP contribution is 2.26. The fraction of sp³-hybridized carbons (Fsp3) is 0.0690. The molecule has 0 spiro atoms. The zero-order valence-corrected chi connectivity index (χ0v) is 20.6. The first-order valence-electron chi connectivity index (χ1n) is 11.0. The Labute approximate surface area is 212 Å². The summed E-state index contributed by atoms with van der Waals surface area (Å²) >= 11 is 0. The van der Waals surface area contributed by atoms with Crippen molar-refractivity contribution in [1.29, 1.82) is 0 Å². The van der Waals surface area contributed by atoms with Gasteiger partial charge in [-0.05, 0) is 42.3 Å². The van der Waals surface area contributed by atoms with Crippen molar-refractivity contribution in [3.63, 3.8) is 0 Å². The van der Waals surface area contributed by atoms with Crippen LogP contribution in [0, 0.1) is 17.2 Å². The number of benzene rings is 2. The minimum absolute atomic E-state index is 0.868. The topological polar surface area (TPSA) is 113 Å². The highest BCUT2D eigenvalue weighted by Gasteiger charge is 2.13. The average molecular weight is 505 g/mol. The number of ether oxygens (including phenoxy) is 1. The molecule has 1 aromatic heterocycles. The predicted molar refractivity (Wildman–Crippen MR) is 129 cm³/mol. The van der Waals surface area contributed by atoms with Gasteiger partial charge in [-0.25, -0.2) is 23.1 Å². The van der Waals surface area contributed by atoms with Crippen LogP contribution in [0.1, 0.15) is 23.8 Å². The summed E-state index contributed by atoms with van der Waals surface area (Å²) in [5, 5.41) is 0. The second kappa shape index (κ2) is 12.8. The standard InChI is InChI=1S/C29H25O2.ClHO4/c1-22-18-24(20-28(30-22)26-14-8-4-9-15-26)12-6-3-7-13-25-19-23(2)31-29(21-25)27-16-10-5-11-17-27;2-1(3,4)5/h3-21H,1-2H3;(H,2,3,4,5)/q+1;/p-1. The molecule has 4 rings (SSSR count). The molecule has 0 radical (unpaired) electrons. The van der Waals surface area contributed by atoms with Gasteiger partial charge in [0.05, 0.1) is 18.6 Å². The average Bonchev–Trinajstić information content (AvgIpc) is 2.83. The van der Waals surface area contributed by atoms with Gasteiger partial charge in [0.25, 0.3) is 0 Å². The van der Waals surface area contributed by atoms with Crippen molar-refractivity contribution in [1.82, 2.24) is 0 Å². The number of hydrogen-bond acceptors (Lipinski definition) is 5. The molecule has 6 nitrogen and oxygen atoms in total. The molecule has 3 aromatic rings. The molecule has 7 heteroatoms. The first-order chi connectivity index (χ1) is 17.2. The van der Waals surface area contributed by atoms with Gasteiger partial charge >= 0.3 is 11.5 Å². The molecular weight excluding hydrogens is 480 g/mol. The summed E-state index contributed by atoms with van der Waals surface area (Å²) in [6.07, 6.45) is 14.4. The fourth-order valence-electron chi connectivity index (χ4n) is 3.40. The zero-order chi connectivity index (χ0) is 26.0. The second-order valence-electron chi connectivity index (χ2n) is 7.75. The van der Waals surface area contributed by atoms with Crippen molar-refractivity contribution < 1.29 is 38.0 Å². The lowest BCUT2D eigenvalue weighted by atomic mass is 10.1. The Morgan fingerprint density at radius 3 is 2.00 bits per heavy atom. The molecule has 0 N–H and O–H groups in total. The maximum atomic E-state index is 8.49. The molecular formula is C29H25ClO6. The van der Waals surface area contributed by atoms with Crippen LogP contribution in [0.5, 0.6) is 0 Å². The van der Waals surface area contributed by atoms with Crippen LogP contribution in [0.3, 0.4) is 0 Å². The molecule has 1 aliphatic rings. The highest BCUT2D eigenvalue weighted by molar-refractivity contribution is 5.67. The Morgan fingerprint density at radius 1 is 0.750 bits per heavy atom. The molecule has 36 heavy (non-hydrogen) atoms. The van der Waals surface area contributed by atoms with E-state index in [9.17, 15) is 0 Å². The Balaban J connectivity index is 0.000000658. The lowest BCUT2D eigenvalue weighted by Gasteiger charge is -2.17. The fourth-order valence-corrected chi connectivity index (χ4v) is 3.40. The molecule has 0 aliphatic carbocycles. The van der Waals surface area contributed by atoms with Crippen molar-refractivity contribution in [2.45, 2.75) is 13.8 Å². The van der Waals surface area contributed by atoms with Gasteiger partial charge in [-0.2, -0.15) is 0 Å². The van der Waals surface area contributed by atoms with E-state index in [4.69, 9.17) is 27.8 Å². The number of halogens is 1. The van der Waals surface area contributed by atoms with Crippen LogP contribution in [-0.2, 0) is 4.74 Å². The molecule has 0 saturated heterocycles. The Bertz CT molecular complexity index is 1290. The monoisotopic (exact) mass is 504 g/mol. The normalized spacial score (nSPS) is 14.8. The smallest absolute Gasteiger partial charge is 0.360 e. The summed E-state index contributed by atoms with van der Waals surface area (Å²) < 4.78 is 45.7. The minimum atomic E-state index is -4.94. The van der Waals surface area contributed by atoms with E-state index in [1.165, 1.54) is 0 Å². The van der Waals surface area contributed by atoms with E-state index in [-0.39, 0.29) is 0 Å². The molecule has 0 fully saturated rings. The predicted octanol–water partition coefficient (Wildman–Crippen LogP) is 3.25. The molecule has 0 amide bonds. The summed E-state index contributed by atoms with van der Waals surface area (Å²) in [6, 6.07) is 24.4. The first-order valence-corrected chi connectivity index (χ1v) is 12.2. The van der Waals surface area contributed by atoms with Crippen LogP contribution in [0.2, 0.25) is 0 Å². The summed E-state index contributed by atoms with van der Waals surface area (Å²) in [6.45, 7) is 3.95. The van der Waals surface area contributed by atoms with Gasteiger partial charge in [0.15, 0.2) is 0 Å². The summed E-state index contributed by atoms with van der Waals surface area (Å²) in [4.78, 5) is 0. The largest absolute Gasteiger partial charge is 0.461 e. The van der Waals surface area contributed by atoms with Crippen molar-refractivity contribution in [2.75, 3.05) is 0 Å². The summed E-state index contributed by atoms with van der Waals surface area (Å²) in [5.74, 6) is 3.50. The van der Waals surface area contributed by atoms with Crippen molar-refractivity contribution in [3.05, 3.63) is 137 Å². The molecule has 0 saturated carbocycles. The molecule has 1 aliphatic heterocycles. The third kappa shape index (κ3) is 9.46. The summed E-state index contributed by atoms with van der Waals surface area (Å²) in [7, 11) is -4.94. The SMILES string of the molecule is CC1=C\C(=C/C=C/C=C/c2cc(C)[o+]c(-c3ccccc3)c2)C=C(c2ccccc2)O1.[O-][Cl+3]([O-])([O-])[O-]. The number of allylic oxidation sites excluding steroid dienone is 8. The van der Waals surface area contributed by atoms with E-state index < -0.39 is 10.2 Å². The van der Waals surface area contributed by atoms with E-state index in [1.807, 2.05) is 80.6 Å². The molecule has 184 valence electrons. The van der Waals surface area contributed by atoms with Gasteiger partial charge in [0, 0.05) is 11.6 Å². The minimum Gasteiger partial charge on any atom is -0.461 e. The van der Waals surface area contributed by atoms with Crippen molar-refractivity contribution >= 4 is 11.8 Å². The number of rotatable bonds is 5. The van der Waals surface area contributed by atoms with Crippen LogP contribution in [0.4, 0.5) is 0 Å². The summed E-state index contributed by atoms with van der Waals surface area (Å²) in [5.41, 5.74) is 4.36. The number of aryl methyl sites for hydroxylation is 1. The maximum Gasteiger partial charge on any atom is 0.360 e. The van der Waals surface area contributed by atoms with E-state index >= 15 is 0 Å². The van der Waals surface area contributed by atoms with Gasteiger partial charge in [-0.3, -0.25) is 0 Å². The third-order valence-electron chi connectivity index (χ3n) is 4.79. The van der Waals surface area contributed by atoms with Crippen LogP contribution in [0.15, 0.2) is 125 Å². The quantitative estimate of drug-likeness (QED) is 0.389. The van der Waals surface area contributed by atoms with Crippen LogP contribution >= 0.6 is 0 Å². The van der Waals surface area contributed by atoms with Crippen LogP contribution in [-0.4, -0.2) is 0 Å². The van der Waals surface area contributed by atoms with Crippen LogP contribution in [0.25, 0.3) is 23.2 Å². The van der Waals surface area contributed by atoms with Crippen LogP contribution < -0.4 is 18.6 Å². The van der Waals surface area contributed by atoms with Crippen molar-refractivity contribution in [3.8, 4) is 11.3 Å². The first kappa shape index (κ1) is 26.8. The Morgan fingerprint density at radius 2 is 1.36 bits per heavy atom. The van der Waals surface area contributed by atoms with Crippen molar-refractivity contribution in [2.24, 2.45) is 0 Å². The molecule has 0 atom stereocenters. The van der Waals surface area contributed by atoms with E-state index in [0.717, 1.165) is 45.3 Å². The lowest BCUT2D eigenvalue weighted by molar-refractivity contribution is -2.00.